The molecule has 0 radical (unpaired) electrons. The zero-order chi connectivity index (χ0) is 13.3. The van der Waals surface area contributed by atoms with Crippen LogP contribution < -0.4 is 0 Å². The Morgan fingerprint density at radius 3 is 2.78 bits per heavy atom. The lowest BCUT2D eigenvalue weighted by Gasteiger charge is -2.28. The van der Waals surface area contributed by atoms with E-state index in [1.165, 1.54) is 0 Å². The minimum Gasteiger partial charge on any atom is -0.299 e. The zero-order valence-electron chi connectivity index (χ0n) is 11.7. The van der Waals surface area contributed by atoms with E-state index in [2.05, 4.69) is 35.6 Å². The van der Waals surface area contributed by atoms with Gasteiger partial charge >= 0.3 is 0 Å². The van der Waals surface area contributed by atoms with E-state index in [1.807, 2.05) is 6.20 Å². The summed E-state index contributed by atoms with van der Waals surface area (Å²) in [6.45, 7) is 10.2. The van der Waals surface area contributed by atoms with E-state index in [4.69, 9.17) is 0 Å². The highest BCUT2D eigenvalue weighted by molar-refractivity contribution is 5.77. The predicted octanol–water partition coefficient (Wildman–Crippen LogP) is 1.72. The van der Waals surface area contributed by atoms with E-state index in [-0.39, 0.29) is 11.2 Å². The van der Waals surface area contributed by atoms with E-state index < -0.39 is 0 Å². The lowest BCUT2D eigenvalue weighted by Crippen LogP contribution is -2.35. The van der Waals surface area contributed by atoms with Gasteiger partial charge in [0.05, 0.1) is 6.54 Å². The molecule has 18 heavy (non-hydrogen) atoms. The number of hydrogen-bond donors (Lipinski definition) is 0. The monoisotopic (exact) mass is 247 g/mol. The minimum absolute atomic E-state index is 0.00838. The van der Waals surface area contributed by atoms with E-state index >= 15 is 0 Å². The van der Waals surface area contributed by atoms with E-state index in [0.717, 1.165) is 36.6 Å². The quantitative estimate of drug-likeness (QED) is 0.798. The van der Waals surface area contributed by atoms with Gasteiger partial charge in [0, 0.05) is 42.4 Å². The fourth-order valence-electron chi connectivity index (χ4n) is 2.19. The van der Waals surface area contributed by atoms with Crippen molar-refractivity contribution in [3.05, 3.63) is 23.3 Å². The number of carbonyl (C=O) groups excluding carboxylic acids is 1. The van der Waals surface area contributed by atoms with Crippen LogP contribution in [0.4, 0.5) is 0 Å². The topological polar surface area (TPSA) is 46.1 Å². The molecule has 2 rings (SSSR count). The Labute approximate surface area is 108 Å². The van der Waals surface area contributed by atoms with Crippen molar-refractivity contribution in [2.75, 3.05) is 13.1 Å². The number of carbonyl (C=O) groups is 1. The van der Waals surface area contributed by atoms with Gasteiger partial charge in [-0.25, -0.2) is 9.97 Å². The Hall–Kier alpha value is -1.29. The first-order chi connectivity index (χ1) is 8.36. The van der Waals surface area contributed by atoms with Crippen LogP contribution in [0.15, 0.2) is 6.20 Å². The molecule has 0 N–H and O–H groups in total. The number of rotatable bonds is 2. The first kappa shape index (κ1) is 13.1. The maximum atomic E-state index is 11.1. The first-order valence-corrected chi connectivity index (χ1v) is 6.43. The van der Waals surface area contributed by atoms with Crippen LogP contribution in [0.1, 0.15) is 44.8 Å². The standard InChI is InChI=1S/C14H21N3O/c1-10(18)8-17-6-5-12-11(9-17)7-15-13(16-12)14(2,3)4/h7H,5-6,8-9H2,1-4H3. The normalized spacial score (nSPS) is 16.4. The van der Waals surface area contributed by atoms with Crippen LogP contribution >= 0.6 is 0 Å². The van der Waals surface area contributed by atoms with Crippen molar-refractivity contribution in [2.24, 2.45) is 0 Å². The molecule has 0 aromatic carbocycles. The average Bonchev–Trinajstić information content (AvgIpc) is 2.26. The van der Waals surface area contributed by atoms with Gasteiger partial charge in [-0.15, -0.1) is 0 Å². The summed E-state index contributed by atoms with van der Waals surface area (Å²) >= 11 is 0. The summed E-state index contributed by atoms with van der Waals surface area (Å²) < 4.78 is 0. The fraction of sp³-hybridized carbons (Fsp3) is 0.643. The fourth-order valence-corrected chi connectivity index (χ4v) is 2.19. The molecule has 0 bridgehead atoms. The van der Waals surface area contributed by atoms with E-state index in [9.17, 15) is 4.79 Å². The lowest BCUT2D eigenvalue weighted by atomic mass is 9.95. The van der Waals surface area contributed by atoms with Crippen LogP contribution in [0, 0.1) is 0 Å². The van der Waals surface area contributed by atoms with E-state index in [0.29, 0.717) is 6.54 Å². The molecular weight excluding hydrogens is 226 g/mol. The second-order valence-corrected chi connectivity index (χ2v) is 6.08. The second kappa shape index (κ2) is 4.76. The van der Waals surface area contributed by atoms with Crippen molar-refractivity contribution in [3.63, 3.8) is 0 Å². The Morgan fingerprint density at radius 1 is 1.44 bits per heavy atom. The molecule has 0 saturated carbocycles. The second-order valence-electron chi connectivity index (χ2n) is 6.08. The smallest absolute Gasteiger partial charge is 0.143 e. The van der Waals surface area contributed by atoms with Crippen molar-refractivity contribution in [1.29, 1.82) is 0 Å². The summed E-state index contributed by atoms with van der Waals surface area (Å²) in [4.78, 5) is 22.4. The molecule has 0 aliphatic carbocycles. The van der Waals surface area contributed by atoms with Crippen LogP contribution in [0.3, 0.4) is 0 Å². The Bertz CT molecular complexity index is 463. The summed E-state index contributed by atoms with van der Waals surface area (Å²) in [5.74, 6) is 1.12. The van der Waals surface area contributed by atoms with Crippen molar-refractivity contribution in [2.45, 2.75) is 46.1 Å². The molecule has 0 fully saturated rings. The molecule has 2 heterocycles. The van der Waals surface area contributed by atoms with Crippen LogP contribution in [-0.4, -0.2) is 33.7 Å². The van der Waals surface area contributed by atoms with Crippen molar-refractivity contribution in [1.82, 2.24) is 14.9 Å². The molecule has 4 nitrogen and oxygen atoms in total. The molecule has 0 unspecified atom stereocenters. The molecule has 0 atom stereocenters. The molecule has 1 aromatic rings. The van der Waals surface area contributed by atoms with Crippen molar-refractivity contribution in [3.8, 4) is 0 Å². The van der Waals surface area contributed by atoms with Gasteiger partial charge in [0.25, 0.3) is 0 Å². The Morgan fingerprint density at radius 2 is 2.17 bits per heavy atom. The van der Waals surface area contributed by atoms with Crippen LogP contribution in [0.2, 0.25) is 0 Å². The molecule has 0 amide bonds. The molecule has 1 aromatic heterocycles. The predicted molar refractivity (Wildman–Crippen MR) is 70.4 cm³/mol. The third-order valence-corrected chi connectivity index (χ3v) is 3.13. The minimum atomic E-state index is -0.00838. The average molecular weight is 247 g/mol. The molecule has 98 valence electrons. The zero-order valence-corrected chi connectivity index (χ0v) is 11.7. The highest BCUT2D eigenvalue weighted by Gasteiger charge is 2.23. The third kappa shape index (κ3) is 2.93. The highest BCUT2D eigenvalue weighted by atomic mass is 16.1. The summed E-state index contributed by atoms with van der Waals surface area (Å²) in [7, 11) is 0. The molecule has 1 aliphatic heterocycles. The lowest BCUT2D eigenvalue weighted by molar-refractivity contribution is -0.118. The molecule has 1 aliphatic rings. The third-order valence-electron chi connectivity index (χ3n) is 3.13. The van der Waals surface area contributed by atoms with E-state index in [1.54, 1.807) is 6.92 Å². The van der Waals surface area contributed by atoms with Gasteiger partial charge in [-0.1, -0.05) is 20.8 Å². The number of fused-ring (bicyclic) bond motifs is 1. The van der Waals surface area contributed by atoms with Gasteiger partial charge in [0.15, 0.2) is 0 Å². The maximum absolute atomic E-state index is 11.1. The van der Waals surface area contributed by atoms with Gasteiger partial charge < -0.3 is 0 Å². The van der Waals surface area contributed by atoms with Gasteiger partial charge in [0.1, 0.15) is 11.6 Å². The number of Topliss-reactive ketones (excluding diaryl/α,β-unsaturated/α-hetero) is 1. The Kier molecular flexibility index (Phi) is 3.48. The van der Waals surface area contributed by atoms with Crippen LogP contribution in [-0.2, 0) is 23.2 Å². The van der Waals surface area contributed by atoms with Crippen molar-refractivity contribution >= 4 is 5.78 Å². The number of nitrogens with zero attached hydrogens (tertiary/aromatic N) is 3. The summed E-state index contributed by atoms with van der Waals surface area (Å²) in [6.07, 6.45) is 2.84. The SMILES string of the molecule is CC(=O)CN1CCc2nc(C(C)(C)C)ncc2C1. The first-order valence-electron chi connectivity index (χ1n) is 6.43. The molecule has 0 saturated heterocycles. The van der Waals surface area contributed by atoms with Gasteiger partial charge in [-0.2, -0.15) is 0 Å². The summed E-state index contributed by atoms with van der Waals surface area (Å²) in [6, 6.07) is 0. The van der Waals surface area contributed by atoms with Gasteiger partial charge in [-0.05, 0) is 6.92 Å². The van der Waals surface area contributed by atoms with Crippen LogP contribution in [0.25, 0.3) is 0 Å². The largest absolute Gasteiger partial charge is 0.299 e. The number of hydrogen-bond acceptors (Lipinski definition) is 4. The Balaban J connectivity index is 2.18. The summed E-state index contributed by atoms with van der Waals surface area (Å²) in [5.41, 5.74) is 2.30. The van der Waals surface area contributed by atoms with Crippen LogP contribution in [0.5, 0.6) is 0 Å². The number of ketones is 1. The molecule has 4 heteroatoms. The number of aromatic nitrogens is 2. The molecule has 0 spiro atoms. The van der Waals surface area contributed by atoms with Gasteiger partial charge in [0.2, 0.25) is 0 Å². The maximum Gasteiger partial charge on any atom is 0.143 e. The molecular formula is C14H21N3O. The summed E-state index contributed by atoms with van der Waals surface area (Å²) in [5, 5.41) is 0. The van der Waals surface area contributed by atoms with Crippen molar-refractivity contribution < 1.29 is 4.79 Å². The van der Waals surface area contributed by atoms with Gasteiger partial charge in [-0.3, -0.25) is 9.69 Å². The highest BCUT2D eigenvalue weighted by Crippen LogP contribution is 2.22.